The number of nitrogens with zero attached hydrogens (tertiary/aromatic N) is 5. The molecule has 26 heavy (non-hydrogen) atoms. The highest BCUT2D eigenvalue weighted by atomic mass is 32.2. The number of carbonyl (C=O) groups excluding carboxylic acids is 1. The number of nitrogens with one attached hydrogen (secondary N) is 1. The van der Waals surface area contributed by atoms with E-state index in [1.54, 1.807) is 0 Å². The van der Waals surface area contributed by atoms with E-state index in [-0.39, 0.29) is 27.8 Å². The molecule has 2 aromatic heterocycles. The van der Waals surface area contributed by atoms with E-state index in [0.717, 1.165) is 21.2 Å². The molecular formula is C14H14N6O4S2. The smallest absolute Gasteiger partial charge is 0.272 e. The standard InChI is InChI=1S/C14H14N6O4S2/c1-9(21)15-13-17-18-14(25-13)26(22,23)20(2)8-11-16-12(19-24-11)10-6-4-3-5-7-10/h3-7H,8H2,1-2H3,(H,15,17,21). The second kappa shape index (κ2) is 7.27. The van der Waals surface area contributed by atoms with Gasteiger partial charge in [-0.2, -0.15) is 9.29 Å². The molecule has 0 fully saturated rings. The molecule has 3 aromatic rings. The zero-order valence-corrected chi connectivity index (χ0v) is 15.4. The molecule has 136 valence electrons. The molecule has 10 nitrogen and oxygen atoms in total. The van der Waals surface area contributed by atoms with Crippen molar-refractivity contribution in [2.24, 2.45) is 0 Å². The molecule has 2 heterocycles. The molecule has 12 heteroatoms. The fourth-order valence-corrected chi connectivity index (χ4v) is 4.20. The minimum Gasteiger partial charge on any atom is -0.338 e. The van der Waals surface area contributed by atoms with Crippen LogP contribution in [0.3, 0.4) is 0 Å². The maximum absolute atomic E-state index is 12.5. The quantitative estimate of drug-likeness (QED) is 0.620. The first-order valence-electron chi connectivity index (χ1n) is 7.31. The van der Waals surface area contributed by atoms with E-state index >= 15 is 0 Å². The van der Waals surface area contributed by atoms with Crippen molar-refractivity contribution in [3.63, 3.8) is 0 Å². The Balaban J connectivity index is 1.75. The van der Waals surface area contributed by atoms with Gasteiger partial charge in [0.05, 0.1) is 6.54 Å². The molecule has 0 spiro atoms. The van der Waals surface area contributed by atoms with Gasteiger partial charge in [-0.25, -0.2) is 8.42 Å². The van der Waals surface area contributed by atoms with E-state index in [1.165, 1.54) is 14.0 Å². The third kappa shape index (κ3) is 3.92. The lowest BCUT2D eigenvalue weighted by molar-refractivity contribution is -0.114. The van der Waals surface area contributed by atoms with Gasteiger partial charge in [0.25, 0.3) is 10.0 Å². The molecule has 0 radical (unpaired) electrons. The number of rotatable bonds is 6. The number of hydrogen-bond donors (Lipinski definition) is 1. The van der Waals surface area contributed by atoms with E-state index in [1.807, 2.05) is 30.3 Å². The number of carbonyl (C=O) groups is 1. The molecule has 0 saturated heterocycles. The molecular weight excluding hydrogens is 380 g/mol. The van der Waals surface area contributed by atoms with Gasteiger partial charge in [0.2, 0.25) is 27.1 Å². The Morgan fingerprint density at radius 3 is 2.69 bits per heavy atom. The summed E-state index contributed by atoms with van der Waals surface area (Å²) < 4.78 is 31.0. The van der Waals surface area contributed by atoms with Crippen LogP contribution in [0.1, 0.15) is 12.8 Å². The van der Waals surface area contributed by atoms with E-state index in [4.69, 9.17) is 4.52 Å². The van der Waals surface area contributed by atoms with E-state index in [9.17, 15) is 13.2 Å². The minimum atomic E-state index is -3.91. The maximum atomic E-state index is 12.5. The van der Waals surface area contributed by atoms with Crippen LogP contribution in [0.25, 0.3) is 11.4 Å². The first-order valence-corrected chi connectivity index (χ1v) is 9.57. The van der Waals surface area contributed by atoms with Crippen molar-refractivity contribution in [2.75, 3.05) is 12.4 Å². The van der Waals surface area contributed by atoms with Crippen molar-refractivity contribution in [2.45, 2.75) is 17.8 Å². The van der Waals surface area contributed by atoms with E-state index in [2.05, 4.69) is 25.7 Å². The predicted octanol–water partition coefficient (Wildman–Crippen LogP) is 1.37. The van der Waals surface area contributed by atoms with Gasteiger partial charge in [0.1, 0.15) is 0 Å². The van der Waals surface area contributed by atoms with Crippen LogP contribution < -0.4 is 5.32 Å². The van der Waals surface area contributed by atoms with Crippen LogP contribution in [-0.2, 0) is 21.4 Å². The number of sulfonamides is 1. The second-order valence-corrected chi connectivity index (χ2v) is 8.39. The first-order chi connectivity index (χ1) is 12.4. The molecule has 1 aromatic carbocycles. The van der Waals surface area contributed by atoms with Crippen LogP contribution in [-0.4, -0.2) is 46.0 Å². The van der Waals surface area contributed by atoms with Crippen LogP contribution >= 0.6 is 11.3 Å². The van der Waals surface area contributed by atoms with Gasteiger partial charge in [-0.05, 0) is 0 Å². The summed E-state index contributed by atoms with van der Waals surface area (Å²) in [6.07, 6.45) is 0. The fraction of sp³-hybridized carbons (Fsp3) is 0.214. The Morgan fingerprint density at radius 2 is 2.00 bits per heavy atom. The highest BCUT2D eigenvalue weighted by molar-refractivity contribution is 7.91. The van der Waals surface area contributed by atoms with Gasteiger partial charge in [0, 0.05) is 19.5 Å². The number of hydrogen-bond acceptors (Lipinski definition) is 9. The van der Waals surface area contributed by atoms with Gasteiger partial charge in [-0.15, -0.1) is 10.2 Å². The molecule has 0 aliphatic heterocycles. The van der Waals surface area contributed by atoms with Crippen LogP contribution in [0.5, 0.6) is 0 Å². The molecule has 1 N–H and O–H groups in total. The van der Waals surface area contributed by atoms with Crippen molar-refractivity contribution >= 4 is 32.4 Å². The largest absolute Gasteiger partial charge is 0.338 e. The average Bonchev–Trinajstić information content (AvgIpc) is 3.25. The molecule has 0 bridgehead atoms. The lowest BCUT2D eigenvalue weighted by atomic mass is 10.2. The Bertz CT molecular complexity index is 1020. The number of anilines is 1. The molecule has 0 unspecified atom stereocenters. The van der Waals surface area contributed by atoms with Crippen molar-refractivity contribution < 1.29 is 17.7 Å². The third-order valence-electron chi connectivity index (χ3n) is 3.18. The van der Waals surface area contributed by atoms with Gasteiger partial charge < -0.3 is 9.84 Å². The number of benzene rings is 1. The maximum Gasteiger partial charge on any atom is 0.272 e. The predicted molar refractivity (Wildman–Crippen MR) is 92.6 cm³/mol. The SMILES string of the molecule is CC(=O)Nc1nnc(S(=O)(=O)N(C)Cc2nc(-c3ccccc3)no2)s1. The summed E-state index contributed by atoms with van der Waals surface area (Å²) in [5.74, 6) is 0.148. The summed E-state index contributed by atoms with van der Waals surface area (Å²) in [5.41, 5.74) is 0.761. The summed E-state index contributed by atoms with van der Waals surface area (Å²) in [6, 6.07) is 9.18. The topological polar surface area (TPSA) is 131 Å². The molecule has 3 rings (SSSR count). The summed E-state index contributed by atoms with van der Waals surface area (Å²) in [5, 5.41) is 13.6. The molecule has 1 amide bonds. The van der Waals surface area contributed by atoms with Crippen LogP contribution in [0.2, 0.25) is 0 Å². The molecule has 0 aliphatic rings. The van der Waals surface area contributed by atoms with Gasteiger partial charge in [-0.3, -0.25) is 4.79 Å². The summed E-state index contributed by atoms with van der Waals surface area (Å²) in [6.45, 7) is 1.17. The molecule has 0 aliphatic carbocycles. The Labute approximate surface area is 152 Å². The zero-order valence-electron chi connectivity index (χ0n) is 13.8. The number of amides is 1. The van der Waals surface area contributed by atoms with Crippen molar-refractivity contribution in [1.82, 2.24) is 24.6 Å². The van der Waals surface area contributed by atoms with Crippen molar-refractivity contribution in [1.29, 1.82) is 0 Å². The van der Waals surface area contributed by atoms with Gasteiger partial charge in [0.15, 0.2) is 0 Å². The van der Waals surface area contributed by atoms with E-state index < -0.39 is 10.0 Å². The highest BCUT2D eigenvalue weighted by Crippen LogP contribution is 2.24. The highest BCUT2D eigenvalue weighted by Gasteiger charge is 2.27. The van der Waals surface area contributed by atoms with Crippen LogP contribution in [0.4, 0.5) is 5.13 Å². The van der Waals surface area contributed by atoms with Crippen LogP contribution in [0, 0.1) is 0 Å². The molecule has 0 atom stereocenters. The fourth-order valence-electron chi connectivity index (χ4n) is 1.95. The van der Waals surface area contributed by atoms with Gasteiger partial charge in [-0.1, -0.05) is 46.8 Å². The minimum absolute atomic E-state index is 0.105. The average molecular weight is 394 g/mol. The molecule has 0 saturated carbocycles. The normalized spacial score (nSPS) is 11.7. The first kappa shape index (κ1) is 18.1. The van der Waals surface area contributed by atoms with Crippen molar-refractivity contribution in [3.8, 4) is 11.4 Å². The second-order valence-electron chi connectivity index (χ2n) is 5.19. The summed E-state index contributed by atoms with van der Waals surface area (Å²) >= 11 is 0.759. The van der Waals surface area contributed by atoms with Gasteiger partial charge >= 0.3 is 0 Å². The third-order valence-corrected chi connectivity index (χ3v) is 6.17. The monoisotopic (exact) mass is 394 g/mol. The Kier molecular flexibility index (Phi) is 5.06. The number of aromatic nitrogens is 4. The Morgan fingerprint density at radius 1 is 1.27 bits per heavy atom. The summed E-state index contributed by atoms with van der Waals surface area (Å²) in [7, 11) is -2.55. The van der Waals surface area contributed by atoms with E-state index in [0.29, 0.717) is 5.82 Å². The van der Waals surface area contributed by atoms with Crippen LogP contribution in [0.15, 0.2) is 39.2 Å². The Hall–Kier alpha value is -2.70. The summed E-state index contributed by atoms with van der Waals surface area (Å²) in [4.78, 5) is 15.2. The van der Waals surface area contributed by atoms with Crippen molar-refractivity contribution in [3.05, 3.63) is 36.2 Å². The lowest BCUT2D eigenvalue weighted by Crippen LogP contribution is -2.26. The lowest BCUT2D eigenvalue weighted by Gasteiger charge is -2.11. The zero-order chi connectivity index (χ0) is 18.7.